The van der Waals surface area contributed by atoms with Gasteiger partial charge in [-0.3, -0.25) is 0 Å². The van der Waals surface area contributed by atoms with Crippen LogP contribution in [0.3, 0.4) is 0 Å². The molecule has 0 spiro atoms. The highest BCUT2D eigenvalue weighted by Gasteiger charge is 2.18. The standard InChI is InChI=1S/C14H22.C2H6/c1-10(2)12-8-7-9-13(11(12)3)14(4,5)6;1-2/h7-10H,1-6H3;1-2H3. The molecule has 0 bridgehead atoms. The van der Waals surface area contributed by atoms with Crippen LogP contribution < -0.4 is 0 Å². The van der Waals surface area contributed by atoms with Crippen molar-refractivity contribution in [2.45, 2.75) is 66.7 Å². The lowest BCUT2D eigenvalue weighted by Gasteiger charge is -2.24. The molecule has 0 N–H and O–H groups in total. The predicted molar refractivity (Wildman–Crippen MR) is 75.3 cm³/mol. The Morgan fingerprint density at radius 2 is 1.50 bits per heavy atom. The molecule has 0 fully saturated rings. The summed E-state index contributed by atoms with van der Waals surface area (Å²) in [4.78, 5) is 0. The summed E-state index contributed by atoms with van der Waals surface area (Å²) in [6.07, 6.45) is 0. The molecule has 1 aromatic carbocycles. The molecule has 0 saturated carbocycles. The predicted octanol–water partition coefficient (Wildman–Crippen LogP) is 5.44. The van der Waals surface area contributed by atoms with Gasteiger partial charge in [0.25, 0.3) is 0 Å². The monoisotopic (exact) mass is 220 g/mol. The molecule has 1 aromatic rings. The summed E-state index contributed by atoms with van der Waals surface area (Å²) in [5.74, 6) is 0.622. The maximum absolute atomic E-state index is 2.28. The molecule has 0 unspecified atom stereocenters. The van der Waals surface area contributed by atoms with E-state index < -0.39 is 0 Å². The molecule has 0 heterocycles. The smallest absolute Gasteiger partial charge is 0.0129 e. The Morgan fingerprint density at radius 1 is 1.00 bits per heavy atom. The lowest BCUT2D eigenvalue weighted by molar-refractivity contribution is 0.584. The van der Waals surface area contributed by atoms with Crippen LogP contribution in [0.5, 0.6) is 0 Å². The fourth-order valence-electron chi connectivity index (χ4n) is 2.09. The molecular weight excluding hydrogens is 192 g/mol. The molecule has 0 heteroatoms. The van der Waals surface area contributed by atoms with E-state index in [1.54, 1.807) is 0 Å². The third-order valence-electron chi connectivity index (χ3n) is 2.81. The van der Waals surface area contributed by atoms with Crippen molar-refractivity contribution >= 4 is 0 Å². The SMILES string of the molecule is CC.Cc1c(C(C)C)cccc1C(C)(C)C. The van der Waals surface area contributed by atoms with Crippen molar-refractivity contribution in [1.29, 1.82) is 0 Å². The number of hydrogen-bond acceptors (Lipinski definition) is 0. The lowest BCUT2D eigenvalue weighted by Crippen LogP contribution is -2.14. The van der Waals surface area contributed by atoms with Gasteiger partial charge in [0.15, 0.2) is 0 Å². The molecule has 16 heavy (non-hydrogen) atoms. The van der Waals surface area contributed by atoms with E-state index in [1.165, 1.54) is 16.7 Å². The van der Waals surface area contributed by atoms with Crippen LogP contribution in [0.15, 0.2) is 18.2 Å². The third-order valence-corrected chi connectivity index (χ3v) is 2.81. The summed E-state index contributed by atoms with van der Waals surface area (Å²) >= 11 is 0. The van der Waals surface area contributed by atoms with Gasteiger partial charge in [0.05, 0.1) is 0 Å². The van der Waals surface area contributed by atoms with Gasteiger partial charge in [0.2, 0.25) is 0 Å². The average molecular weight is 220 g/mol. The Morgan fingerprint density at radius 3 is 1.88 bits per heavy atom. The highest BCUT2D eigenvalue weighted by Crippen LogP contribution is 2.30. The van der Waals surface area contributed by atoms with Gasteiger partial charge in [0.1, 0.15) is 0 Å². The Bertz CT molecular complexity index is 313. The van der Waals surface area contributed by atoms with E-state index in [1.807, 2.05) is 13.8 Å². The molecule has 0 saturated heterocycles. The van der Waals surface area contributed by atoms with Gasteiger partial charge in [-0.2, -0.15) is 0 Å². The number of benzene rings is 1. The molecule has 0 atom stereocenters. The van der Waals surface area contributed by atoms with Crippen molar-refractivity contribution in [3.05, 3.63) is 34.9 Å². The second-order valence-corrected chi connectivity index (χ2v) is 5.42. The Hall–Kier alpha value is -0.780. The molecule has 1 rings (SSSR count). The van der Waals surface area contributed by atoms with E-state index >= 15 is 0 Å². The van der Waals surface area contributed by atoms with E-state index in [2.05, 4.69) is 59.7 Å². The normalized spacial score (nSPS) is 11.1. The molecule has 0 nitrogen and oxygen atoms in total. The van der Waals surface area contributed by atoms with Gasteiger partial charge in [-0.1, -0.05) is 66.7 Å². The van der Waals surface area contributed by atoms with Crippen molar-refractivity contribution in [3.63, 3.8) is 0 Å². The molecule has 0 aromatic heterocycles. The Labute approximate surface area is 102 Å². The minimum absolute atomic E-state index is 0.259. The first-order valence-corrected chi connectivity index (χ1v) is 6.44. The van der Waals surface area contributed by atoms with Gasteiger partial charge in [0, 0.05) is 0 Å². The highest BCUT2D eigenvalue weighted by molar-refractivity contribution is 5.39. The average Bonchev–Trinajstić information content (AvgIpc) is 2.19. The maximum Gasteiger partial charge on any atom is -0.0129 e. The Balaban J connectivity index is 0.00000106. The van der Waals surface area contributed by atoms with E-state index in [0.29, 0.717) is 5.92 Å². The summed E-state index contributed by atoms with van der Waals surface area (Å²) < 4.78 is 0. The quantitative estimate of drug-likeness (QED) is 0.591. The summed E-state index contributed by atoms with van der Waals surface area (Å²) in [7, 11) is 0. The third kappa shape index (κ3) is 3.66. The van der Waals surface area contributed by atoms with Crippen molar-refractivity contribution < 1.29 is 0 Å². The zero-order valence-electron chi connectivity index (χ0n) is 12.3. The molecule has 0 aliphatic heterocycles. The molecule has 0 radical (unpaired) electrons. The molecule has 0 aliphatic rings. The van der Waals surface area contributed by atoms with Crippen LogP contribution in [0.1, 0.15) is 71.1 Å². The van der Waals surface area contributed by atoms with E-state index in [0.717, 1.165) is 0 Å². The van der Waals surface area contributed by atoms with E-state index in [-0.39, 0.29) is 5.41 Å². The van der Waals surface area contributed by atoms with Gasteiger partial charge >= 0.3 is 0 Å². The van der Waals surface area contributed by atoms with Crippen molar-refractivity contribution in [1.82, 2.24) is 0 Å². The fraction of sp³-hybridized carbons (Fsp3) is 0.625. The van der Waals surface area contributed by atoms with Crippen LogP contribution >= 0.6 is 0 Å². The first-order valence-electron chi connectivity index (χ1n) is 6.44. The first-order chi connectivity index (χ1) is 7.34. The largest absolute Gasteiger partial charge is 0.0683 e. The number of hydrogen-bond donors (Lipinski definition) is 0. The van der Waals surface area contributed by atoms with Crippen LogP contribution in [-0.4, -0.2) is 0 Å². The summed E-state index contributed by atoms with van der Waals surface area (Å²) in [5.41, 5.74) is 4.69. The van der Waals surface area contributed by atoms with Crippen molar-refractivity contribution in [2.24, 2.45) is 0 Å². The van der Waals surface area contributed by atoms with Crippen molar-refractivity contribution in [3.8, 4) is 0 Å². The van der Waals surface area contributed by atoms with Crippen molar-refractivity contribution in [2.75, 3.05) is 0 Å². The second kappa shape index (κ2) is 6.08. The van der Waals surface area contributed by atoms with Gasteiger partial charge < -0.3 is 0 Å². The second-order valence-electron chi connectivity index (χ2n) is 5.42. The summed E-state index contributed by atoms with van der Waals surface area (Å²) in [6.45, 7) is 17.6. The van der Waals surface area contributed by atoms with Crippen LogP contribution in [0.25, 0.3) is 0 Å². The van der Waals surface area contributed by atoms with Crippen LogP contribution in [0.4, 0.5) is 0 Å². The zero-order chi connectivity index (χ0) is 12.9. The van der Waals surface area contributed by atoms with Gasteiger partial charge in [-0.15, -0.1) is 0 Å². The van der Waals surface area contributed by atoms with Crippen LogP contribution in [0.2, 0.25) is 0 Å². The van der Waals surface area contributed by atoms with Gasteiger partial charge in [-0.25, -0.2) is 0 Å². The fourth-order valence-corrected chi connectivity index (χ4v) is 2.09. The molecular formula is C16H28. The van der Waals surface area contributed by atoms with Crippen LogP contribution in [-0.2, 0) is 5.41 Å². The minimum Gasteiger partial charge on any atom is -0.0683 e. The summed E-state index contributed by atoms with van der Waals surface area (Å²) in [6, 6.07) is 6.68. The summed E-state index contributed by atoms with van der Waals surface area (Å²) in [5, 5.41) is 0. The minimum atomic E-state index is 0.259. The topological polar surface area (TPSA) is 0 Å². The van der Waals surface area contributed by atoms with E-state index in [9.17, 15) is 0 Å². The molecule has 0 aliphatic carbocycles. The van der Waals surface area contributed by atoms with E-state index in [4.69, 9.17) is 0 Å². The number of rotatable bonds is 1. The molecule has 92 valence electrons. The Kier molecular flexibility index (Phi) is 5.78. The highest BCUT2D eigenvalue weighted by atomic mass is 14.2. The first kappa shape index (κ1) is 15.2. The maximum atomic E-state index is 2.28. The zero-order valence-corrected chi connectivity index (χ0v) is 12.3. The lowest BCUT2D eigenvalue weighted by atomic mass is 9.81. The van der Waals surface area contributed by atoms with Gasteiger partial charge in [-0.05, 0) is 34.9 Å². The van der Waals surface area contributed by atoms with Crippen LogP contribution in [0, 0.1) is 6.92 Å². The molecule has 0 amide bonds.